The van der Waals surface area contributed by atoms with Crippen molar-refractivity contribution in [1.82, 2.24) is 10.2 Å². The summed E-state index contributed by atoms with van der Waals surface area (Å²) >= 11 is 0. The Balaban J connectivity index is 1.56. The second-order valence-electron chi connectivity index (χ2n) is 7.68. The number of amides is 3. The van der Waals surface area contributed by atoms with Crippen LogP contribution in [0.1, 0.15) is 30.0 Å². The largest absolute Gasteiger partial charge is 0.497 e. The zero-order valence-corrected chi connectivity index (χ0v) is 17.5. The molecule has 154 valence electrons. The highest BCUT2D eigenvalue weighted by atomic mass is 16.5. The molecule has 0 bridgehead atoms. The van der Waals surface area contributed by atoms with E-state index in [1.165, 1.54) is 4.90 Å². The fraction of sp³-hybridized carbons (Fsp3) is 0.391. The highest BCUT2D eigenvalue weighted by molar-refractivity contribution is 6.06. The summed E-state index contributed by atoms with van der Waals surface area (Å²) in [6.45, 7) is 6.23. The highest BCUT2D eigenvalue weighted by Gasteiger charge is 2.47. The van der Waals surface area contributed by atoms with Gasteiger partial charge in [0.25, 0.3) is 5.91 Å². The third kappa shape index (κ3) is 4.70. The molecule has 6 nitrogen and oxygen atoms in total. The van der Waals surface area contributed by atoms with E-state index in [0.29, 0.717) is 12.8 Å². The Kier molecular flexibility index (Phi) is 6.11. The monoisotopic (exact) mass is 396 g/mol. The van der Waals surface area contributed by atoms with Crippen LogP contribution in [0.4, 0.5) is 4.79 Å². The maximum Gasteiger partial charge on any atom is 0.325 e. The van der Waals surface area contributed by atoms with Crippen molar-refractivity contribution in [3.63, 3.8) is 0 Å². The van der Waals surface area contributed by atoms with Crippen molar-refractivity contribution in [3.05, 3.63) is 59.2 Å². The average molecular weight is 396 g/mol. The first-order chi connectivity index (χ1) is 13.8. The smallest absolute Gasteiger partial charge is 0.325 e. The Labute approximate surface area is 171 Å². The van der Waals surface area contributed by atoms with Gasteiger partial charge in [-0.15, -0.1) is 0 Å². The van der Waals surface area contributed by atoms with Gasteiger partial charge < -0.3 is 14.8 Å². The Morgan fingerprint density at radius 1 is 1.07 bits per heavy atom. The number of carbonyl (C=O) groups excluding carboxylic acids is 2. The molecular formula is C23H28N2O4. The molecule has 1 aliphatic heterocycles. The molecule has 1 N–H and O–H groups in total. The molecule has 1 saturated heterocycles. The maximum atomic E-state index is 12.9. The standard InChI is InChI=1S/C23H28N2O4/c1-16-5-6-17(2)20(15-16)29-14-13-25-21(26)23(3,24-22(25)27)12-11-18-7-9-19(28-4)10-8-18/h5-10,15H,11-14H2,1-4H3,(H,24,27). The summed E-state index contributed by atoms with van der Waals surface area (Å²) in [5.74, 6) is 1.36. The lowest BCUT2D eigenvalue weighted by Gasteiger charge is -2.22. The normalized spacial score (nSPS) is 18.7. The van der Waals surface area contributed by atoms with Crippen molar-refractivity contribution in [2.75, 3.05) is 20.3 Å². The average Bonchev–Trinajstić information content (AvgIpc) is 2.92. The van der Waals surface area contributed by atoms with Gasteiger partial charge in [0, 0.05) is 0 Å². The van der Waals surface area contributed by atoms with E-state index in [9.17, 15) is 9.59 Å². The summed E-state index contributed by atoms with van der Waals surface area (Å²) in [6.07, 6.45) is 1.21. The molecule has 2 aromatic rings. The van der Waals surface area contributed by atoms with E-state index in [4.69, 9.17) is 9.47 Å². The lowest BCUT2D eigenvalue weighted by molar-refractivity contribution is -0.131. The fourth-order valence-corrected chi connectivity index (χ4v) is 3.42. The van der Waals surface area contributed by atoms with Crippen LogP contribution >= 0.6 is 0 Å². The number of hydrogen-bond donors (Lipinski definition) is 1. The molecule has 1 atom stereocenters. The molecule has 3 rings (SSSR count). The van der Waals surface area contributed by atoms with E-state index in [1.807, 2.05) is 56.3 Å². The predicted molar refractivity (Wildman–Crippen MR) is 111 cm³/mol. The second kappa shape index (κ2) is 8.55. The zero-order chi connectivity index (χ0) is 21.0. The predicted octanol–water partition coefficient (Wildman–Crippen LogP) is 3.63. The molecular weight excluding hydrogens is 368 g/mol. The van der Waals surface area contributed by atoms with Crippen LogP contribution in [0.5, 0.6) is 11.5 Å². The van der Waals surface area contributed by atoms with Gasteiger partial charge in [-0.1, -0.05) is 24.3 Å². The van der Waals surface area contributed by atoms with Crippen LogP contribution in [0.15, 0.2) is 42.5 Å². The van der Waals surface area contributed by atoms with Gasteiger partial charge in [0.2, 0.25) is 0 Å². The van der Waals surface area contributed by atoms with E-state index < -0.39 is 5.54 Å². The van der Waals surface area contributed by atoms with Gasteiger partial charge in [-0.3, -0.25) is 9.69 Å². The SMILES string of the molecule is COc1ccc(CCC2(C)NC(=O)N(CCOc3cc(C)ccc3C)C2=O)cc1. The second-order valence-corrected chi connectivity index (χ2v) is 7.68. The Hall–Kier alpha value is -3.02. The number of nitrogens with one attached hydrogen (secondary N) is 1. The number of methoxy groups -OCH3 is 1. The van der Waals surface area contributed by atoms with Gasteiger partial charge in [0.05, 0.1) is 13.7 Å². The Bertz CT molecular complexity index is 894. The van der Waals surface area contributed by atoms with Crippen molar-refractivity contribution in [2.45, 2.75) is 39.2 Å². The van der Waals surface area contributed by atoms with Crippen LogP contribution < -0.4 is 14.8 Å². The topological polar surface area (TPSA) is 67.9 Å². The van der Waals surface area contributed by atoms with Crippen LogP contribution in [0.2, 0.25) is 0 Å². The minimum absolute atomic E-state index is 0.208. The third-order valence-corrected chi connectivity index (χ3v) is 5.33. The highest BCUT2D eigenvalue weighted by Crippen LogP contribution is 2.24. The first-order valence-electron chi connectivity index (χ1n) is 9.79. The zero-order valence-electron chi connectivity index (χ0n) is 17.5. The van der Waals surface area contributed by atoms with Crippen LogP contribution in [0.25, 0.3) is 0 Å². The van der Waals surface area contributed by atoms with Crippen molar-refractivity contribution in [2.24, 2.45) is 0 Å². The number of ether oxygens (including phenoxy) is 2. The number of urea groups is 1. The molecule has 29 heavy (non-hydrogen) atoms. The number of aryl methyl sites for hydroxylation is 3. The molecule has 1 heterocycles. The summed E-state index contributed by atoms with van der Waals surface area (Å²) in [7, 11) is 1.63. The first kappa shape index (κ1) is 20.7. The molecule has 1 unspecified atom stereocenters. The van der Waals surface area contributed by atoms with Gasteiger partial charge in [0.1, 0.15) is 23.6 Å². The van der Waals surface area contributed by atoms with Crippen molar-refractivity contribution in [3.8, 4) is 11.5 Å². The number of carbonyl (C=O) groups is 2. The van der Waals surface area contributed by atoms with Crippen LogP contribution in [0.3, 0.4) is 0 Å². The van der Waals surface area contributed by atoms with E-state index in [0.717, 1.165) is 28.2 Å². The van der Waals surface area contributed by atoms with Gasteiger partial charge in [0.15, 0.2) is 0 Å². The van der Waals surface area contributed by atoms with Gasteiger partial charge >= 0.3 is 6.03 Å². The van der Waals surface area contributed by atoms with E-state index in [-0.39, 0.29) is 25.1 Å². The Morgan fingerprint density at radius 2 is 1.79 bits per heavy atom. The lowest BCUT2D eigenvalue weighted by atomic mass is 9.93. The molecule has 0 radical (unpaired) electrons. The minimum atomic E-state index is -0.906. The summed E-state index contributed by atoms with van der Waals surface area (Å²) in [6, 6.07) is 13.3. The molecule has 3 amide bonds. The van der Waals surface area contributed by atoms with Gasteiger partial charge in [-0.2, -0.15) is 0 Å². The number of imide groups is 1. The number of hydrogen-bond acceptors (Lipinski definition) is 4. The fourth-order valence-electron chi connectivity index (χ4n) is 3.42. The molecule has 1 aliphatic rings. The molecule has 0 aliphatic carbocycles. The molecule has 0 spiro atoms. The minimum Gasteiger partial charge on any atom is -0.497 e. The maximum absolute atomic E-state index is 12.9. The molecule has 1 fully saturated rings. The van der Waals surface area contributed by atoms with Crippen LogP contribution in [-0.4, -0.2) is 42.6 Å². The van der Waals surface area contributed by atoms with Crippen LogP contribution in [0, 0.1) is 13.8 Å². The summed E-state index contributed by atoms with van der Waals surface area (Å²) in [5, 5.41) is 2.85. The summed E-state index contributed by atoms with van der Waals surface area (Å²) < 4.78 is 11.0. The summed E-state index contributed by atoms with van der Waals surface area (Å²) in [4.78, 5) is 26.5. The van der Waals surface area contributed by atoms with Crippen molar-refractivity contribution >= 4 is 11.9 Å². The lowest BCUT2D eigenvalue weighted by Crippen LogP contribution is -2.44. The number of nitrogens with zero attached hydrogens (tertiary/aromatic N) is 1. The van der Waals surface area contributed by atoms with Gasteiger partial charge in [-0.25, -0.2) is 4.79 Å². The number of rotatable bonds is 8. The first-order valence-corrected chi connectivity index (χ1v) is 9.79. The quantitative estimate of drug-likeness (QED) is 0.692. The van der Waals surface area contributed by atoms with E-state index in [2.05, 4.69) is 5.32 Å². The van der Waals surface area contributed by atoms with E-state index >= 15 is 0 Å². The third-order valence-electron chi connectivity index (χ3n) is 5.33. The molecule has 0 aromatic heterocycles. The van der Waals surface area contributed by atoms with Gasteiger partial charge in [-0.05, 0) is 68.5 Å². The van der Waals surface area contributed by atoms with Crippen molar-refractivity contribution < 1.29 is 19.1 Å². The van der Waals surface area contributed by atoms with E-state index in [1.54, 1.807) is 14.0 Å². The van der Waals surface area contributed by atoms with Crippen LogP contribution in [-0.2, 0) is 11.2 Å². The molecule has 6 heteroatoms. The van der Waals surface area contributed by atoms with Crippen molar-refractivity contribution in [1.29, 1.82) is 0 Å². The summed E-state index contributed by atoms with van der Waals surface area (Å²) in [5.41, 5.74) is 2.31. The molecule has 2 aromatic carbocycles. The number of benzene rings is 2. The Morgan fingerprint density at radius 3 is 2.48 bits per heavy atom. The molecule has 0 saturated carbocycles.